The molecule has 0 aromatic heterocycles. The maximum absolute atomic E-state index is 12.3. The number of carbonyl (C=O) groups is 4. The molecule has 16 nitrogen and oxygen atoms in total. The average Bonchev–Trinajstić information content (AvgIpc) is 3.23. The summed E-state index contributed by atoms with van der Waals surface area (Å²) < 4.78 is 80.0. The molecule has 2 fully saturated rings. The van der Waals surface area contributed by atoms with Crippen LogP contribution in [0, 0.1) is 0 Å². The molecule has 2 aliphatic heterocycles. The summed E-state index contributed by atoms with van der Waals surface area (Å²) in [5.74, 6) is -1.69. The fourth-order valence-corrected chi connectivity index (χ4v) is 54.6. The molecule has 0 spiro atoms. The minimum atomic E-state index is -3.11. The highest BCUT2D eigenvalue weighted by Gasteiger charge is 2.58. The molecule has 2 heterocycles. The Morgan fingerprint density at radius 3 is 0.700 bits per heavy atom. The van der Waals surface area contributed by atoms with Gasteiger partial charge in [0.15, 0.2) is 0 Å². The van der Waals surface area contributed by atoms with Gasteiger partial charge in [-0.25, -0.2) is 19.2 Å². The van der Waals surface area contributed by atoms with Crippen LogP contribution in [0.5, 0.6) is 0 Å². The highest BCUT2D eigenvalue weighted by atomic mass is 28.5. The van der Waals surface area contributed by atoms with Gasteiger partial charge in [0.2, 0.25) is 0 Å². The molecule has 0 aromatic rings. The SMILES string of the molecule is C=C(C)C(=O)OCCCC[Si]1(C)O[Si](C)(CCCCOC(=O)C(=C)C)O[Si](C)(CCCOC(=O)C(=C)C)O[Si](C)(CCCC[Si]2(C)O[Si](C)(CC)O[Si](C)(CC)O[Si](C)(CCCOC(=O)C(=C)C)O2)O1. The number of carbonyl (C=O) groups excluding carboxylic acids is 4. The first kappa shape index (κ1) is 64.4. The van der Waals surface area contributed by atoms with E-state index in [1.54, 1.807) is 27.7 Å². The molecule has 2 saturated heterocycles. The molecule has 0 saturated carbocycles. The van der Waals surface area contributed by atoms with E-state index in [4.69, 9.17) is 51.9 Å². The van der Waals surface area contributed by atoms with Crippen LogP contribution < -0.4 is 0 Å². The van der Waals surface area contributed by atoms with Crippen LogP contribution >= 0.6 is 0 Å². The topological polar surface area (TPSA) is 179 Å². The summed E-state index contributed by atoms with van der Waals surface area (Å²) in [4.78, 5) is 48.8. The zero-order valence-corrected chi connectivity index (χ0v) is 53.5. The fourth-order valence-electron chi connectivity index (χ4n) is 8.65. The quantitative estimate of drug-likeness (QED) is 0.0227. The van der Waals surface area contributed by atoms with Gasteiger partial charge in [-0.2, -0.15) is 0 Å². The standard InChI is InChI=1S/C46H90O16Si8/c1-19-63(11)55-64(12,20-2)57-69(17,37-27-31-53-45(49)41(7)8)58-65(13,56-63)35-25-26-36-68(16)60-66(14,33-23-21-29-51-43(47)39(3)4)59-67(15,34-24-22-30-52-44(48)40(5)6)61-70(18,62-68)38-28-32-54-46(50)42(9)10/h3,5,7,9,19-38H2,1-2,4,6,8,10-18H3. The van der Waals surface area contributed by atoms with Crippen LogP contribution in [0.4, 0.5) is 0 Å². The summed E-state index contributed by atoms with van der Waals surface area (Å²) in [5, 5.41) is 0. The normalized spacial score (nSPS) is 31.5. The average molecular weight is 1120 g/mol. The van der Waals surface area contributed by atoms with E-state index in [0.717, 1.165) is 24.9 Å². The van der Waals surface area contributed by atoms with Crippen LogP contribution in [-0.4, -0.2) is 119 Å². The molecule has 0 bridgehead atoms. The monoisotopic (exact) mass is 1120 g/mol. The molecule has 0 aromatic carbocycles. The lowest BCUT2D eigenvalue weighted by Crippen LogP contribution is -2.67. The van der Waals surface area contributed by atoms with Gasteiger partial charge in [-0.15, -0.1) is 0 Å². The number of rotatable bonds is 29. The van der Waals surface area contributed by atoms with Gasteiger partial charge in [-0.3, -0.25) is 0 Å². The third-order valence-electron chi connectivity index (χ3n) is 12.2. The predicted molar refractivity (Wildman–Crippen MR) is 291 cm³/mol. The van der Waals surface area contributed by atoms with E-state index in [-0.39, 0.29) is 26.4 Å². The molecule has 8 atom stereocenters. The van der Waals surface area contributed by atoms with Crippen molar-refractivity contribution in [3.8, 4) is 0 Å². The second-order valence-electron chi connectivity index (χ2n) is 20.6. The third kappa shape index (κ3) is 22.8. The van der Waals surface area contributed by atoms with E-state index in [2.05, 4.69) is 92.5 Å². The van der Waals surface area contributed by atoms with Crippen molar-refractivity contribution in [3.05, 3.63) is 48.6 Å². The maximum Gasteiger partial charge on any atom is 0.333 e. The van der Waals surface area contributed by atoms with Crippen molar-refractivity contribution in [3.63, 3.8) is 0 Å². The molecule has 0 amide bonds. The number of unbranched alkanes of at least 4 members (excludes halogenated alkanes) is 3. The summed E-state index contributed by atoms with van der Waals surface area (Å²) in [5.41, 5.74) is 1.39. The first-order chi connectivity index (χ1) is 32.3. The van der Waals surface area contributed by atoms with Crippen molar-refractivity contribution >= 4 is 92.4 Å². The van der Waals surface area contributed by atoms with E-state index >= 15 is 0 Å². The van der Waals surface area contributed by atoms with E-state index < -0.39 is 92.4 Å². The summed E-state index contributed by atoms with van der Waals surface area (Å²) in [6, 6.07) is 5.27. The Bertz CT molecular complexity index is 1850. The van der Waals surface area contributed by atoms with Gasteiger partial charge in [0, 0.05) is 22.3 Å². The zero-order chi connectivity index (χ0) is 53.2. The molecule has 0 radical (unpaired) electrons. The Labute approximate surface area is 429 Å². The van der Waals surface area contributed by atoms with E-state index in [1.165, 1.54) is 0 Å². The van der Waals surface area contributed by atoms with Crippen molar-refractivity contribution in [2.45, 2.75) is 194 Å². The lowest BCUT2D eigenvalue weighted by atomic mass is 10.3. The Morgan fingerprint density at radius 1 is 0.314 bits per heavy atom. The molecular weight excluding hydrogens is 1030 g/mol. The Hall–Kier alpha value is -1.74. The maximum atomic E-state index is 12.3. The van der Waals surface area contributed by atoms with E-state index in [9.17, 15) is 19.2 Å². The van der Waals surface area contributed by atoms with Gasteiger partial charge < -0.3 is 51.9 Å². The molecule has 402 valence electrons. The number of ether oxygens (including phenoxy) is 4. The molecule has 2 aliphatic rings. The third-order valence-corrected chi connectivity index (χ3v) is 50.0. The van der Waals surface area contributed by atoms with Crippen LogP contribution in [0.2, 0.25) is 101 Å². The van der Waals surface area contributed by atoms with Crippen molar-refractivity contribution in [1.29, 1.82) is 0 Å². The largest absolute Gasteiger partial charge is 0.462 e. The number of esters is 4. The zero-order valence-electron chi connectivity index (χ0n) is 45.5. The van der Waals surface area contributed by atoms with Gasteiger partial charge in [-0.05, 0) is 167 Å². The van der Waals surface area contributed by atoms with Gasteiger partial charge in [0.25, 0.3) is 0 Å². The van der Waals surface area contributed by atoms with Crippen LogP contribution in [0.15, 0.2) is 48.6 Å². The predicted octanol–water partition coefficient (Wildman–Crippen LogP) is 11.4. The van der Waals surface area contributed by atoms with E-state index in [1.807, 2.05) is 0 Å². The number of hydrogen-bond acceptors (Lipinski definition) is 16. The lowest BCUT2D eigenvalue weighted by Gasteiger charge is -2.51. The Kier molecular flexibility index (Phi) is 26.0. The van der Waals surface area contributed by atoms with Crippen molar-refractivity contribution < 1.29 is 71.0 Å². The van der Waals surface area contributed by atoms with Gasteiger partial charge in [0.1, 0.15) is 0 Å². The van der Waals surface area contributed by atoms with Crippen molar-refractivity contribution in [2.75, 3.05) is 26.4 Å². The molecular formula is C46H90O16Si8. The van der Waals surface area contributed by atoms with Crippen LogP contribution in [-0.2, 0) is 71.0 Å². The van der Waals surface area contributed by atoms with E-state index in [0.29, 0.717) is 97.1 Å². The minimum absolute atomic E-state index is 0.189. The first-order valence-corrected chi connectivity index (χ1v) is 45.4. The smallest absolute Gasteiger partial charge is 0.333 e. The van der Waals surface area contributed by atoms with Crippen LogP contribution in [0.25, 0.3) is 0 Å². The van der Waals surface area contributed by atoms with Gasteiger partial charge in [0.05, 0.1) is 26.4 Å². The van der Waals surface area contributed by atoms with Crippen LogP contribution in [0.1, 0.15) is 92.9 Å². The second-order valence-corrected chi connectivity index (χ2v) is 49.7. The summed E-state index contributed by atoms with van der Waals surface area (Å²) in [6.07, 6.45) is 5.27. The van der Waals surface area contributed by atoms with Gasteiger partial charge >= 0.3 is 92.4 Å². The van der Waals surface area contributed by atoms with Crippen molar-refractivity contribution in [2.24, 2.45) is 0 Å². The highest BCUT2D eigenvalue weighted by molar-refractivity contribution is 6.95. The fraction of sp³-hybridized carbons (Fsp3) is 0.739. The lowest BCUT2D eigenvalue weighted by molar-refractivity contribution is -0.139. The Morgan fingerprint density at radius 2 is 0.486 bits per heavy atom. The Balaban J connectivity index is 2.48. The molecule has 24 heteroatoms. The second kappa shape index (κ2) is 28.2. The molecule has 2 rings (SSSR count). The molecule has 8 unspecified atom stereocenters. The number of hydrogen-bond donors (Lipinski definition) is 0. The first-order valence-electron chi connectivity index (χ1n) is 25.2. The molecule has 70 heavy (non-hydrogen) atoms. The van der Waals surface area contributed by atoms with Gasteiger partial charge in [-0.1, -0.05) is 53.0 Å². The highest BCUT2D eigenvalue weighted by Crippen LogP contribution is 2.41. The molecule has 0 N–H and O–H groups in total. The minimum Gasteiger partial charge on any atom is -0.462 e. The summed E-state index contributed by atoms with van der Waals surface area (Å²) in [7, 11) is -23.6. The van der Waals surface area contributed by atoms with Crippen LogP contribution in [0.3, 0.4) is 0 Å². The summed E-state index contributed by atoms with van der Waals surface area (Å²) >= 11 is 0. The summed E-state index contributed by atoms with van der Waals surface area (Å²) in [6.45, 7) is 43.3. The van der Waals surface area contributed by atoms with Crippen molar-refractivity contribution in [1.82, 2.24) is 0 Å². The molecule has 0 aliphatic carbocycles.